The molecule has 0 saturated heterocycles. The molecule has 1 heterocycles. The maximum absolute atomic E-state index is 12.3. The minimum absolute atomic E-state index is 0.0609. The van der Waals surface area contributed by atoms with E-state index in [0.717, 1.165) is 0 Å². The molecule has 10 heteroatoms. The summed E-state index contributed by atoms with van der Waals surface area (Å²) in [7, 11) is 0. The lowest BCUT2D eigenvalue weighted by Crippen LogP contribution is -2.12. The number of hydrogen-bond acceptors (Lipinski definition) is 3. The normalized spacial score (nSPS) is 10.9. The number of alkyl halides is 2. The summed E-state index contributed by atoms with van der Waals surface area (Å²) in [6.45, 7) is -2.99. The molecule has 5 nitrogen and oxygen atoms in total. The van der Waals surface area contributed by atoms with Crippen LogP contribution in [0.1, 0.15) is 10.5 Å². The molecule has 0 saturated carbocycles. The monoisotopic (exact) mass is 431 g/mol. The van der Waals surface area contributed by atoms with Crippen LogP contribution in [-0.4, -0.2) is 22.7 Å². The Kier molecular flexibility index (Phi) is 5.84. The van der Waals surface area contributed by atoms with Gasteiger partial charge in [-0.1, -0.05) is 40.9 Å². The molecule has 0 fully saturated rings. The van der Waals surface area contributed by atoms with E-state index in [1.807, 2.05) is 0 Å². The zero-order valence-electron chi connectivity index (χ0n) is 13.3. The summed E-state index contributed by atoms with van der Waals surface area (Å²) in [6, 6.07) is 10.4. The number of rotatable bonds is 5. The van der Waals surface area contributed by atoms with Crippen LogP contribution in [0.15, 0.2) is 42.5 Å². The molecule has 0 unspecified atom stereocenters. The predicted molar refractivity (Wildman–Crippen MR) is 100 cm³/mol. The van der Waals surface area contributed by atoms with Crippen molar-refractivity contribution in [1.29, 1.82) is 0 Å². The lowest BCUT2D eigenvalue weighted by atomic mass is 10.1. The molecular weight excluding hydrogens is 423 g/mol. The number of amides is 1. The first kappa shape index (κ1) is 19.4. The van der Waals surface area contributed by atoms with E-state index in [4.69, 9.17) is 34.8 Å². The zero-order chi connectivity index (χ0) is 19.6. The van der Waals surface area contributed by atoms with Gasteiger partial charge < -0.3 is 10.1 Å². The Balaban J connectivity index is 1.74. The molecule has 27 heavy (non-hydrogen) atoms. The highest BCUT2D eigenvalue weighted by Crippen LogP contribution is 2.30. The van der Waals surface area contributed by atoms with Gasteiger partial charge in [0.25, 0.3) is 5.91 Å². The fourth-order valence-electron chi connectivity index (χ4n) is 2.21. The van der Waals surface area contributed by atoms with Crippen molar-refractivity contribution in [2.45, 2.75) is 6.61 Å². The molecule has 0 aliphatic carbocycles. The third-order valence-electron chi connectivity index (χ3n) is 3.44. The summed E-state index contributed by atoms with van der Waals surface area (Å²) in [5.74, 6) is -0.680. The highest BCUT2D eigenvalue weighted by Gasteiger charge is 2.14. The highest BCUT2D eigenvalue weighted by molar-refractivity contribution is 6.42. The molecule has 140 valence electrons. The average Bonchev–Trinajstić information content (AvgIpc) is 3.10. The average molecular weight is 433 g/mol. The van der Waals surface area contributed by atoms with Gasteiger partial charge in [0, 0.05) is 11.3 Å². The topological polar surface area (TPSA) is 67.0 Å². The standard InChI is InChI=1S/C17H10Cl3F2N3O2/c18-10-3-1-8(5-11(10)19)13-7-14(25-24-13)16(26)23-9-2-4-15(12(20)6-9)27-17(21)22/h1-7,17H,(H,23,26)(H,24,25). The third-order valence-corrected chi connectivity index (χ3v) is 4.48. The van der Waals surface area contributed by atoms with Crippen molar-refractivity contribution < 1.29 is 18.3 Å². The lowest BCUT2D eigenvalue weighted by molar-refractivity contribution is -0.0497. The number of carbonyl (C=O) groups is 1. The van der Waals surface area contributed by atoms with Crippen LogP contribution in [-0.2, 0) is 0 Å². The zero-order valence-corrected chi connectivity index (χ0v) is 15.5. The first-order valence-electron chi connectivity index (χ1n) is 7.40. The van der Waals surface area contributed by atoms with Crippen LogP contribution in [0.4, 0.5) is 14.5 Å². The van der Waals surface area contributed by atoms with Crippen LogP contribution in [0.3, 0.4) is 0 Å². The van der Waals surface area contributed by atoms with Crippen molar-refractivity contribution in [2.24, 2.45) is 0 Å². The van der Waals surface area contributed by atoms with Gasteiger partial charge in [0.1, 0.15) is 11.4 Å². The minimum Gasteiger partial charge on any atom is -0.433 e. The van der Waals surface area contributed by atoms with Crippen molar-refractivity contribution in [2.75, 3.05) is 5.32 Å². The van der Waals surface area contributed by atoms with Gasteiger partial charge in [-0.05, 0) is 36.4 Å². The summed E-state index contributed by atoms with van der Waals surface area (Å²) in [5.41, 5.74) is 1.66. The Morgan fingerprint density at radius 2 is 1.81 bits per heavy atom. The van der Waals surface area contributed by atoms with E-state index in [1.54, 1.807) is 18.2 Å². The molecule has 1 aromatic heterocycles. The number of ether oxygens (including phenoxy) is 1. The van der Waals surface area contributed by atoms with E-state index in [9.17, 15) is 13.6 Å². The van der Waals surface area contributed by atoms with Gasteiger partial charge in [-0.15, -0.1) is 0 Å². The molecule has 1 amide bonds. The van der Waals surface area contributed by atoms with E-state index in [0.29, 0.717) is 27.0 Å². The van der Waals surface area contributed by atoms with Gasteiger partial charge in [0.15, 0.2) is 0 Å². The van der Waals surface area contributed by atoms with Gasteiger partial charge in [0.2, 0.25) is 0 Å². The highest BCUT2D eigenvalue weighted by atomic mass is 35.5. The number of halogens is 5. The second kappa shape index (κ2) is 8.12. The van der Waals surface area contributed by atoms with Gasteiger partial charge in [-0.3, -0.25) is 9.89 Å². The van der Waals surface area contributed by atoms with Crippen LogP contribution in [0.2, 0.25) is 15.1 Å². The summed E-state index contributed by atoms with van der Waals surface area (Å²) in [4.78, 5) is 12.3. The summed E-state index contributed by atoms with van der Waals surface area (Å²) >= 11 is 17.7. The van der Waals surface area contributed by atoms with Gasteiger partial charge in [-0.25, -0.2) is 0 Å². The molecule has 2 aromatic carbocycles. The second-order valence-corrected chi connectivity index (χ2v) is 6.50. The van der Waals surface area contributed by atoms with Crippen molar-refractivity contribution in [3.05, 3.63) is 63.2 Å². The molecule has 2 N–H and O–H groups in total. The number of anilines is 1. The summed E-state index contributed by atoms with van der Waals surface area (Å²) < 4.78 is 28.7. The number of H-pyrrole nitrogens is 1. The molecule has 3 rings (SSSR count). The largest absolute Gasteiger partial charge is 0.433 e. The Bertz CT molecular complexity index is 995. The fraction of sp³-hybridized carbons (Fsp3) is 0.0588. The van der Waals surface area contributed by atoms with Crippen LogP contribution < -0.4 is 10.1 Å². The van der Waals surface area contributed by atoms with Gasteiger partial charge in [-0.2, -0.15) is 13.9 Å². The Morgan fingerprint density at radius 1 is 1.04 bits per heavy atom. The number of aromatic nitrogens is 2. The van der Waals surface area contributed by atoms with Crippen LogP contribution in [0, 0.1) is 0 Å². The maximum atomic E-state index is 12.3. The molecular formula is C17H10Cl3F2N3O2. The van der Waals surface area contributed by atoms with Crippen molar-refractivity contribution >= 4 is 46.4 Å². The smallest absolute Gasteiger partial charge is 0.387 e. The van der Waals surface area contributed by atoms with E-state index in [-0.39, 0.29) is 16.5 Å². The van der Waals surface area contributed by atoms with Crippen molar-refractivity contribution in [3.63, 3.8) is 0 Å². The van der Waals surface area contributed by atoms with Crippen LogP contribution in [0.25, 0.3) is 11.3 Å². The number of nitrogens with one attached hydrogen (secondary N) is 2. The molecule has 0 aliphatic heterocycles. The van der Waals surface area contributed by atoms with Gasteiger partial charge >= 0.3 is 6.61 Å². The van der Waals surface area contributed by atoms with E-state index in [1.165, 1.54) is 24.3 Å². The molecule has 3 aromatic rings. The third kappa shape index (κ3) is 4.68. The maximum Gasteiger partial charge on any atom is 0.387 e. The molecule has 0 spiro atoms. The van der Waals surface area contributed by atoms with Crippen molar-refractivity contribution in [1.82, 2.24) is 10.2 Å². The molecule has 0 aliphatic rings. The van der Waals surface area contributed by atoms with Crippen molar-refractivity contribution in [3.8, 4) is 17.0 Å². The van der Waals surface area contributed by atoms with Gasteiger partial charge in [0.05, 0.1) is 20.8 Å². The second-order valence-electron chi connectivity index (χ2n) is 5.27. The fourth-order valence-corrected chi connectivity index (χ4v) is 2.73. The molecule has 0 radical (unpaired) electrons. The number of nitrogens with zero attached hydrogens (tertiary/aromatic N) is 1. The Morgan fingerprint density at radius 3 is 2.48 bits per heavy atom. The van der Waals surface area contributed by atoms with E-state index < -0.39 is 12.5 Å². The number of benzene rings is 2. The first-order chi connectivity index (χ1) is 12.8. The Hall–Kier alpha value is -2.35. The van der Waals surface area contributed by atoms with E-state index >= 15 is 0 Å². The number of aromatic amines is 1. The Labute approximate surface area is 167 Å². The summed E-state index contributed by atoms with van der Waals surface area (Å²) in [6.07, 6.45) is 0. The lowest BCUT2D eigenvalue weighted by Gasteiger charge is -2.09. The van der Waals surface area contributed by atoms with Crippen LogP contribution >= 0.6 is 34.8 Å². The van der Waals surface area contributed by atoms with E-state index in [2.05, 4.69) is 20.3 Å². The quantitative estimate of drug-likeness (QED) is 0.528. The first-order valence-corrected chi connectivity index (χ1v) is 8.53. The molecule has 0 bridgehead atoms. The molecule has 0 atom stereocenters. The minimum atomic E-state index is -2.99. The van der Waals surface area contributed by atoms with Crippen LogP contribution in [0.5, 0.6) is 5.75 Å². The number of carbonyl (C=O) groups excluding carboxylic acids is 1. The summed E-state index contributed by atoms with van der Waals surface area (Å²) in [5, 5.41) is 9.97. The predicted octanol–water partition coefficient (Wildman–Crippen LogP) is 5.89. The SMILES string of the molecule is O=C(Nc1ccc(OC(F)F)c(Cl)c1)c1cc(-c2ccc(Cl)c(Cl)c2)n[nH]1. The number of hydrogen-bond donors (Lipinski definition) is 2.